The lowest BCUT2D eigenvalue weighted by molar-refractivity contribution is 0.332. The van der Waals surface area contributed by atoms with Crippen LogP contribution in [0.2, 0.25) is 0 Å². The van der Waals surface area contributed by atoms with Crippen LogP contribution in [0.25, 0.3) is 22.3 Å². The minimum absolute atomic E-state index is 0.0771. The van der Waals surface area contributed by atoms with Crippen molar-refractivity contribution in [3.05, 3.63) is 193 Å². The Balaban J connectivity index is 1.13. The second kappa shape index (κ2) is 13.7. The molecule has 0 aromatic heterocycles. The number of anilines is 6. The smallest absolute Gasteiger partial charge is 0.0502 e. The molecule has 0 radical (unpaired) electrons. The van der Waals surface area contributed by atoms with Crippen molar-refractivity contribution in [1.82, 2.24) is 0 Å². The number of hydrogen-bond donors (Lipinski definition) is 0. The number of hydrogen-bond acceptors (Lipinski definition) is 2. The zero-order valence-corrected chi connectivity index (χ0v) is 30.6. The van der Waals surface area contributed by atoms with Crippen molar-refractivity contribution in [1.29, 1.82) is 0 Å². The van der Waals surface area contributed by atoms with Gasteiger partial charge in [-0.05, 0) is 124 Å². The lowest BCUT2D eigenvalue weighted by atomic mass is 9.62. The van der Waals surface area contributed by atoms with Gasteiger partial charge in [-0.1, -0.05) is 143 Å². The van der Waals surface area contributed by atoms with Gasteiger partial charge in [0.05, 0.1) is 5.69 Å². The molecule has 2 nitrogen and oxygen atoms in total. The summed E-state index contributed by atoms with van der Waals surface area (Å²) in [4.78, 5) is 4.78. The summed E-state index contributed by atoms with van der Waals surface area (Å²) in [5.41, 5.74) is 14.9. The van der Waals surface area contributed by atoms with E-state index in [1.54, 1.807) is 0 Å². The van der Waals surface area contributed by atoms with Crippen molar-refractivity contribution < 1.29 is 0 Å². The van der Waals surface area contributed by atoms with Crippen LogP contribution in [0.5, 0.6) is 0 Å². The zero-order chi connectivity index (χ0) is 35.7. The summed E-state index contributed by atoms with van der Waals surface area (Å²) >= 11 is 0. The third-order valence-electron chi connectivity index (χ3n) is 10.9. The lowest BCUT2D eigenvalue weighted by Gasteiger charge is -2.44. The molecular weight excluding hydrogens is 629 g/mol. The summed E-state index contributed by atoms with van der Waals surface area (Å²) in [6.45, 7) is 9.63. The Hall–Kier alpha value is -5.86. The number of para-hydroxylation sites is 2. The van der Waals surface area contributed by atoms with Crippen LogP contribution >= 0.6 is 0 Å². The molecule has 2 heteroatoms. The SMILES string of the molecule is CC1(C)CCC(C)(C)c2c(N(c3ccccc3)c3ccc(-c4ccc(N(c5ccccc5)c5ccc(-c6ccccc6)cc5)cc4)cc3)cccc21. The van der Waals surface area contributed by atoms with Crippen LogP contribution in [0.4, 0.5) is 34.1 Å². The lowest BCUT2D eigenvalue weighted by Crippen LogP contribution is -2.35. The monoisotopic (exact) mass is 674 g/mol. The molecule has 0 fully saturated rings. The van der Waals surface area contributed by atoms with Gasteiger partial charge in [-0.3, -0.25) is 0 Å². The first kappa shape index (κ1) is 33.3. The highest BCUT2D eigenvalue weighted by atomic mass is 15.1. The molecule has 1 aliphatic carbocycles. The molecule has 0 amide bonds. The molecule has 0 N–H and O–H groups in total. The van der Waals surface area contributed by atoms with E-state index in [2.05, 4.69) is 219 Å². The number of nitrogens with zero attached hydrogens (tertiary/aromatic N) is 2. The standard InChI is InChI=1S/C50H46N2/c1-49(2)35-36-50(3,4)48-46(49)21-14-22-47(48)52(42-19-12-7-13-20-42)45-33-27-40(28-34-45)39-25-31-44(32-26-39)51(41-17-10-6-11-18-41)43-29-23-38(24-30-43)37-15-8-5-9-16-37/h5-34H,35-36H2,1-4H3. The fourth-order valence-corrected chi connectivity index (χ4v) is 7.95. The van der Waals surface area contributed by atoms with Gasteiger partial charge in [-0.25, -0.2) is 0 Å². The van der Waals surface area contributed by atoms with Gasteiger partial charge in [0.2, 0.25) is 0 Å². The summed E-state index contributed by atoms with van der Waals surface area (Å²) in [6, 6.07) is 65.8. The summed E-state index contributed by atoms with van der Waals surface area (Å²) < 4.78 is 0. The van der Waals surface area contributed by atoms with Gasteiger partial charge in [0, 0.05) is 28.4 Å². The van der Waals surface area contributed by atoms with Gasteiger partial charge >= 0.3 is 0 Å². The molecule has 0 aliphatic heterocycles. The molecule has 0 spiro atoms. The predicted octanol–water partition coefficient (Wildman–Crippen LogP) is 14.3. The summed E-state index contributed by atoms with van der Waals surface area (Å²) in [6.07, 6.45) is 2.36. The van der Waals surface area contributed by atoms with Crippen LogP contribution in [-0.4, -0.2) is 0 Å². The molecule has 1 aliphatic rings. The van der Waals surface area contributed by atoms with Crippen molar-refractivity contribution in [2.24, 2.45) is 0 Å². The van der Waals surface area contributed by atoms with Crippen molar-refractivity contribution in [3.8, 4) is 22.3 Å². The minimum Gasteiger partial charge on any atom is -0.311 e. The van der Waals surface area contributed by atoms with Crippen LogP contribution in [0, 0.1) is 0 Å². The zero-order valence-electron chi connectivity index (χ0n) is 30.6. The Labute approximate surface area is 309 Å². The van der Waals surface area contributed by atoms with Gasteiger partial charge in [0.1, 0.15) is 0 Å². The fraction of sp³-hybridized carbons (Fsp3) is 0.160. The molecule has 0 atom stereocenters. The normalized spacial score (nSPS) is 14.3. The molecule has 0 bridgehead atoms. The first-order valence-corrected chi connectivity index (χ1v) is 18.5. The van der Waals surface area contributed by atoms with E-state index >= 15 is 0 Å². The van der Waals surface area contributed by atoms with E-state index in [4.69, 9.17) is 0 Å². The maximum atomic E-state index is 2.45. The molecule has 8 rings (SSSR count). The molecule has 7 aromatic carbocycles. The average Bonchev–Trinajstić information content (AvgIpc) is 3.19. The Kier molecular flexibility index (Phi) is 8.77. The van der Waals surface area contributed by atoms with E-state index < -0.39 is 0 Å². The van der Waals surface area contributed by atoms with Gasteiger partial charge in [0.25, 0.3) is 0 Å². The summed E-state index contributed by atoms with van der Waals surface area (Å²) in [5.74, 6) is 0. The number of fused-ring (bicyclic) bond motifs is 1. The maximum absolute atomic E-state index is 2.45. The van der Waals surface area contributed by atoms with Gasteiger partial charge in [0.15, 0.2) is 0 Å². The second-order valence-corrected chi connectivity index (χ2v) is 15.3. The van der Waals surface area contributed by atoms with Crippen molar-refractivity contribution in [3.63, 3.8) is 0 Å². The highest BCUT2D eigenvalue weighted by Gasteiger charge is 2.39. The van der Waals surface area contributed by atoms with E-state index in [1.807, 2.05) is 0 Å². The van der Waals surface area contributed by atoms with E-state index in [1.165, 1.54) is 57.6 Å². The molecular formula is C50H46N2. The van der Waals surface area contributed by atoms with Crippen LogP contribution in [0.15, 0.2) is 182 Å². The molecule has 52 heavy (non-hydrogen) atoms. The van der Waals surface area contributed by atoms with Crippen LogP contribution in [0.1, 0.15) is 51.7 Å². The third-order valence-corrected chi connectivity index (χ3v) is 10.9. The largest absolute Gasteiger partial charge is 0.311 e. The van der Waals surface area contributed by atoms with E-state index in [0.717, 1.165) is 22.7 Å². The first-order chi connectivity index (χ1) is 25.3. The van der Waals surface area contributed by atoms with Crippen molar-refractivity contribution in [2.75, 3.05) is 9.80 Å². The second-order valence-electron chi connectivity index (χ2n) is 15.3. The van der Waals surface area contributed by atoms with E-state index in [-0.39, 0.29) is 10.8 Å². The van der Waals surface area contributed by atoms with Gasteiger partial charge in [-0.15, -0.1) is 0 Å². The molecule has 0 heterocycles. The molecule has 0 unspecified atom stereocenters. The van der Waals surface area contributed by atoms with Crippen LogP contribution in [-0.2, 0) is 10.8 Å². The van der Waals surface area contributed by atoms with E-state index in [0.29, 0.717) is 0 Å². The van der Waals surface area contributed by atoms with Gasteiger partial charge in [-0.2, -0.15) is 0 Å². The first-order valence-electron chi connectivity index (χ1n) is 18.5. The quantitative estimate of drug-likeness (QED) is 0.158. The third kappa shape index (κ3) is 6.42. The Morgan fingerprint density at radius 3 is 1.17 bits per heavy atom. The highest BCUT2D eigenvalue weighted by molar-refractivity contribution is 5.83. The molecule has 0 saturated heterocycles. The topological polar surface area (TPSA) is 6.48 Å². The Morgan fingerprint density at radius 1 is 0.327 bits per heavy atom. The number of rotatable bonds is 8. The molecule has 256 valence electrons. The van der Waals surface area contributed by atoms with Crippen LogP contribution in [0.3, 0.4) is 0 Å². The molecule has 0 saturated carbocycles. The Bertz CT molecular complexity index is 2250. The van der Waals surface area contributed by atoms with Crippen molar-refractivity contribution >= 4 is 34.1 Å². The Morgan fingerprint density at radius 2 is 0.692 bits per heavy atom. The van der Waals surface area contributed by atoms with Crippen LogP contribution < -0.4 is 9.80 Å². The van der Waals surface area contributed by atoms with Crippen molar-refractivity contribution in [2.45, 2.75) is 51.4 Å². The average molecular weight is 675 g/mol. The fourth-order valence-electron chi connectivity index (χ4n) is 7.95. The highest BCUT2D eigenvalue weighted by Crippen LogP contribution is 2.51. The molecule has 7 aromatic rings. The minimum atomic E-state index is 0.0771. The summed E-state index contributed by atoms with van der Waals surface area (Å²) in [5, 5.41) is 0. The maximum Gasteiger partial charge on any atom is 0.0502 e. The summed E-state index contributed by atoms with van der Waals surface area (Å²) in [7, 11) is 0. The van der Waals surface area contributed by atoms with E-state index in [9.17, 15) is 0 Å². The number of benzene rings is 7. The predicted molar refractivity (Wildman–Crippen MR) is 222 cm³/mol. The van der Waals surface area contributed by atoms with Gasteiger partial charge < -0.3 is 9.80 Å².